The second-order valence-corrected chi connectivity index (χ2v) is 5.07. The number of aromatic carboxylic acids is 1. The zero-order valence-electron chi connectivity index (χ0n) is 10.8. The number of rotatable bonds is 5. The molecule has 0 aliphatic heterocycles. The Hall–Kier alpha value is -2.01. The first-order valence-corrected chi connectivity index (χ1v) is 6.88. The van der Waals surface area contributed by atoms with Crippen LogP contribution in [0, 0.1) is 5.82 Å². The molecule has 3 nitrogen and oxygen atoms in total. The molecule has 0 bridgehead atoms. The van der Waals surface area contributed by atoms with Gasteiger partial charge in [-0.15, -0.1) is 11.8 Å². The molecule has 0 fully saturated rings. The normalized spacial score (nSPS) is 10.3. The average molecular weight is 292 g/mol. The number of halogens is 1. The minimum absolute atomic E-state index is 0.0852. The molecule has 5 heteroatoms. The van der Waals surface area contributed by atoms with Crippen molar-refractivity contribution in [3.05, 3.63) is 59.4 Å². The Bertz CT molecular complexity index is 628. The molecule has 0 radical (unpaired) electrons. The molecule has 20 heavy (non-hydrogen) atoms. The minimum atomic E-state index is -1.06. The Morgan fingerprint density at radius 3 is 2.75 bits per heavy atom. The number of hydrogen-bond acceptors (Lipinski definition) is 3. The summed E-state index contributed by atoms with van der Waals surface area (Å²) in [4.78, 5) is 11.8. The highest BCUT2D eigenvalue weighted by molar-refractivity contribution is 7.98. The zero-order valence-corrected chi connectivity index (χ0v) is 11.6. The van der Waals surface area contributed by atoms with Crippen LogP contribution in [0.5, 0.6) is 5.75 Å². The summed E-state index contributed by atoms with van der Waals surface area (Å²) in [5.74, 6) is -0.411. The van der Waals surface area contributed by atoms with Crippen molar-refractivity contribution in [1.29, 1.82) is 0 Å². The third-order valence-corrected chi connectivity index (χ3v) is 3.85. The van der Waals surface area contributed by atoms with Crippen molar-refractivity contribution in [2.24, 2.45) is 0 Å². The maximum Gasteiger partial charge on any atom is 0.335 e. The van der Waals surface area contributed by atoms with Crippen LogP contribution in [0.2, 0.25) is 0 Å². The van der Waals surface area contributed by atoms with E-state index < -0.39 is 11.8 Å². The van der Waals surface area contributed by atoms with E-state index in [0.717, 1.165) is 4.90 Å². The zero-order chi connectivity index (χ0) is 14.5. The molecule has 0 spiro atoms. The van der Waals surface area contributed by atoms with Crippen molar-refractivity contribution >= 4 is 17.7 Å². The molecule has 2 aromatic carbocycles. The number of carbonyl (C=O) groups is 1. The van der Waals surface area contributed by atoms with E-state index >= 15 is 0 Å². The minimum Gasteiger partial charge on any atom is -0.496 e. The van der Waals surface area contributed by atoms with Gasteiger partial charge in [0, 0.05) is 10.6 Å². The standard InChI is InChI=1S/C15H13FO3S/c1-19-13-4-2-3-5-14(13)20-9-11-8-10(15(17)18)6-7-12(11)16/h2-8H,9H2,1H3,(H,17,18). The topological polar surface area (TPSA) is 46.5 Å². The van der Waals surface area contributed by atoms with Crippen LogP contribution in [-0.2, 0) is 5.75 Å². The average Bonchev–Trinajstić information content (AvgIpc) is 2.46. The molecule has 0 heterocycles. The van der Waals surface area contributed by atoms with E-state index in [9.17, 15) is 9.18 Å². The predicted molar refractivity (Wildman–Crippen MR) is 75.9 cm³/mol. The lowest BCUT2D eigenvalue weighted by atomic mass is 10.1. The van der Waals surface area contributed by atoms with Gasteiger partial charge in [-0.3, -0.25) is 0 Å². The highest BCUT2D eigenvalue weighted by Crippen LogP contribution is 2.31. The van der Waals surface area contributed by atoms with Crippen molar-refractivity contribution in [3.63, 3.8) is 0 Å². The van der Waals surface area contributed by atoms with Crippen molar-refractivity contribution in [2.45, 2.75) is 10.6 Å². The van der Waals surface area contributed by atoms with Gasteiger partial charge in [0.05, 0.1) is 12.7 Å². The summed E-state index contributed by atoms with van der Waals surface area (Å²) in [7, 11) is 1.57. The summed E-state index contributed by atoms with van der Waals surface area (Å²) >= 11 is 1.40. The number of carboxylic acid groups (broad SMARTS) is 1. The Labute approximate surface area is 120 Å². The largest absolute Gasteiger partial charge is 0.496 e. The van der Waals surface area contributed by atoms with Crippen LogP contribution in [-0.4, -0.2) is 18.2 Å². The first-order valence-electron chi connectivity index (χ1n) is 5.89. The third-order valence-electron chi connectivity index (χ3n) is 2.74. The molecule has 0 aromatic heterocycles. The maximum absolute atomic E-state index is 13.7. The van der Waals surface area contributed by atoms with Crippen molar-refractivity contribution in [1.82, 2.24) is 0 Å². The third kappa shape index (κ3) is 3.30. The molecule has 0 amide bonds. The van der Waals surface area contributed by atoms with Crippen LogP contribution in [0.4, 0.5) is 4.39 Å². The summed E-state index contributed by atoms with van der Waals surface area (Å²) in [6, 6.07) is 11.2. The molecule has 0 saturated heterocycles. The summed E-state index contributed by atoms with van der Waals surface area (Å²) in [5.41, 5.74) is 0.447. The Morgan fingerprint density at radius 2 is 2.05 bits per heavy atom. The lowest BCUT2D eigenvalue weighted by Crippen LogP contribution is -1.99. The van der Waals surface area contributed by atoms with Gasteiger partial charge in [-0.05, 0) is 35.9 Å². The molecule has 1 N–H and O–H groups in total. The fourth-order valence-corrected chi connectivity index (χ4v) is 2.71. The highest BCUT2D eigenvalue weighted by Gasteiger charge is 2.10. The van der Waals surface area contributed by atoms with Gasteiger partial charge in [-0.2, -0.15) is 0 Å². The summed E-state index contributed by atoms with van der Waals surface area (Å²) in [6.45, 7) is 0. The molecule has 0 saturated carbocycles. The van der Waals surface area contributed by atoms with Gasteiger partial charge in [0.2, 0.25) is 0 Å². The summed E-state index contributed by atoms with van der Waals surface area (Å²) < 4.78 is 18.9. The Kier molecular flexibility index (Phi) is 4.63. The van der Waals surface area contributed by atoms with Crippen LogP contribution in [0.15, 0.2) is 47.4 Å². The number of methoxy groups -OCH3 is 1. The molecule has 0 unspecified atom stereocenters. The second-order valence-electron chi connectivity index (χ2n) is 4.05. The molecular weight excluding hydrogens is 279 g/mol. The number of thioether (sulfide) groups is 1. The number of hydrogen-bond donors (Lipinski definition) is 1. The fraction of sp³-hybridized carbons (Fsp3) is 0.133. The van der Waals surface area contributed by atoms with E-state index in [1.165, 1.54) is 30.0 Å². The molecule has 0 aliphatic carbocycles. The number of ether oxygens (including phenoxy) is 1. The van der Waals surface area contributed by atoms with Gasteiger partial charge in [-0.25, -0.2) is 9.18 Å². The van der Waals surface area contributed by atoms with E-state index in [1.54, 1.807) is 7.11 Å². The van der Waals surface area contributed by atoms with Crippen molar-refractivity contribution in [3.8, 4) is 5.75 Å². The first kappa shape index (κ1) is 14.4. The molecule has 0 atom stereocenters. The van der Waals surface area contributed by atoms with E-state index in [2.05, 4.69) is 0 Å². The van der Waals surface area contributed by atoms with E-state index in [-0.39, 0.29) is 5.56 Å². The van der Waals surface area contributed by atoms with Gasteiger partial charge in [-0.1, -0.05) is 12.1 Å². The number of benzene rings is 2. The van der Waals surface area contributed by atoms with Gasteiger partial charge >= 0.3 is 5.97 Å². The van der Waals surface area contributed by atoms with E-state index in [0.29, 0.717) is 17.1 Å². The molecule has 2 aromatic rings. The van der Waals surface area contributed by atoms with E-state index in [4.69, 9.17) is 9.84 Å². The Balaban J connectivity index is 2.18. The predicted octanol–water partition coefficient (Wildman–Crippen LogP) is 3.82. The van der Waals surface area contributed by atoms with E-state index in [1.807, 2.05) is 24.3 Å². The SMILES string of the molecule is COc1ccccc1SCc1cc(C(=O)O)ccc1F. The van der Waals surface area contributed by atoms with Gasteiger partial charge in [0.25, 0.3) is 0 Å². The lowest BCUT2D eigenvalue weighted by molar-refractivity contribution is 0.0696. The monoisotopic (exact) mass is 292 g/mol. The molecule has 0 aliphatic rings. The highest BCUT2D eigenvalue weighted by atomic mass is 32.2. The van der Waals surface area contributed by atoms with Crippen LogP contribution < -0.4 is 4.74 Å². The number of para-hydroxylation sites is 1. The van der Waals surface area contributed by atoms with Crippen molar-refractivity contribution < 1.29 is 19.0 Å². The van der Waals surface area contributed by atoms with Gasteiger partial charge in [0.15, 0.2) is 0 Å². The molecule has 104 valence electrons. The molecule has 2 rings (SSSR count). The van der Waals surface area contributed by atoms with Crippen LogP contribution in [0.1, 0.15) is 15.9 Å². The van der Waals surface area contributed by atoms with Gasteiger partial charge < -0.3 is 9.84 Å². The summed E-state index contributed by atoms with van der Waals surface area (Å²) in [6.07, 6.45) is 0. The number of carboxylic acids is 1. The quantitative estimate of drug-likeness (QED) is 0.851. The van der Waals surface area contributed by atoms with Crippen LogP contribution >= 0.6 is 11.8 Å². The van der Waals surface area contributed by atoms with Crippen LogP contribution in [0.25, 0.3) is 0 Å². The Morgan fingerprint density at radius 1 is 1.30 bits per heavy atom. The lowest BCUT2D eigenvalue weighted by Gasteiger charge is -2.08. The first-order chi connectivity index (χ1) is 9.61. The second kappa shape index (κ2) is 6.43. The maximum atomic E-state index is 13.7. The van der Waals surface area contributed by atoms with Crippen molar-refractivity contribution in [2.75, 3.05) is 7.11 Å². The molecular formula is C15H13FO3S. The van der Waals surface area contributed by atoms with Gasteiger partial charge in [0.1, 0.15) is 11.6 Å². The summed E-state index contributed by atoms with van der Waals surface area (Å²) in [5, 5.41) is 8.92. The van der Waals surface area contributed by atoms with Crippen LogP contribution in [0.3, 0.4) is 0 Å². The fourth-order valence-electron chi connectivity index (χ4n) is 1.71. The smallest absolute Gasteiger partial charge is 0.335 e.